The molecule has 1 fully saturated rings. The Balaban J connectivity index is 1.90. The quantitative estimate of drug-likeness (QED) is 0.903. The highest BCUT2D eigenvalue weighted by atomic mass is 35.5. The van der Waals surface area contributed by atoms with E-state index in [4.69, 9.17) is 16.3 Å². The van der Waals surface area contributed by atoms with Crippen LogP contribution in [0.4, 0.5) is 0 Å². The molecule has 1 aromatic rings. The second kappa shape index (κ2) is 6.79. The highest BCUT2D eigenvalue weighted by Gasteiger charge is 2.28. The molecule has 3 nitrogen and oxygen atoms in total. The molecule has 0 spiro atoms. The third-order valence-corrected chi connectivity index (χ3v) is 4.70. The molecule has 1 saturated heterocycles. The van der Waals surface area contributed by atoms with Crippen LogP contribution in [0.15, 0.2) is 18.2 Å². The Morgan fingerprint density at radius 3 is 2.70 bits per heavy atom. The zero-order chi connectivity index (χ0) is 14.6. The third kappa shape index (κ3) is 3.87. The number of likely N-dealkylation sites (tertiary alicyclic amines) is 1. The smallest absolute Gasteiger partial charge is 0.124 e. The largest absolute Gasteiger partial charge is 0.496 e. The molecule has 2 rings (SSSR count). The van der Waals surface area contributed by atoms with Gasteiger partial charge >= 0.3 is 0 Å². The van der Waals surface area contributed by atoms with Crippen LogP contribution >= 0.6 is 11.6 Å². The molecular weight excluding hydrogens is 272 g/mol. The monoisotopic (exact) mass is 296 g/mol. The lowest BCUT2D eigenvalue weighted by Gasteiger charge is -2.38. The summed E-state index contributed by atoms with van der Waals surface area (Å²) in [7, 11) is 3.88. The Hall–Kier alpha value is -0.770. The van der Waals surface area contributed by atoms with E-state index in [1.807, 2.05) is 18.2 Å². The van der Waals surface area contributed by atoms with Gasteiger partial charge in [-0.3, -0.25) is 0 Å². The van der Waals surface area contributed by atoms with Gasteiger partial charge in [-0.25, -0.2) is 0 Å². The Morgan fingerprint density at radius 1 is 1.35 bits per heavy atom. The number of hydrogen-bond donors (Lipinski definition) is 1. The predicted molar refractivity (Wildman–Crippen MR) is 84.5 cm³/mol. The molecule has 1 N–H and O–H groups in total. The molecule has 1 aliphatic rings. The van der Waals surface area contributed by atoms with Gasteiger partial charge in [-0.05, 0) is 50.5 Å². The number of benzene rings is 1. The normalized spacial score (nSPS) is 19.0. The highest BCUT2D eigenvalue weighted by molar-refractivity contribution is 6.31. The number of halogens is 1. The molecule has 1 aliphatic heterocycles. The number of methoxy groups -OCH3 is 1. The standard InChI is InChI=1S/C16H25ClN2O/c1-16(7-9-19(2)10-8-16)12-18-11-13-14(17)5-4-6-15(13)20-3/h4-6,18H,7-12H2,1-3H3. The van der Waals surface area contributed by atoms with Crippen molar-refractivity contribution in [1.82, 2.24) is 10.2 Å². The lowest BCUT2D eigenvalue weighted by molar-refractivity contribution is 0.136. The first-order valence-electron chi connectivity index (χ1n) is 7.25. The molecule has 20 heavy (non-hydrogen) atoms. The van der Waals surface area contributed by atoms with Gasteiger partial charge in [0.2, 0.25) is 0 Å². The molecule has 0 atom stereocenters. The van der Waals surface area contributed by atoms with Gasteiger partial charge in [0.05, 0.1) is 7.11 Å². The van der Waals surface area contributed by atoms with E-state index in [9.17, 15) is 0 Å². The molecule has 0 unspecified atom stereocenters. The van der Waals surface area contributed by atoms with Crippen molar-refractivity contribution in [2.45, 2.75) is 26.3 Å². The molecule has 1 aromatic carbocycles. The summed E-state index contributed by atoms with van der Waals surface area (Å²) in [6, 6.07) is 5.79. The van der Waals surface area contributed by atoms with E-state index < -0.39 is 0 Å². The SMILES string of the molecule is COc1cccc(Cl)c1CNCC1(C)CCN(C)CC1. The maximum Gasteiger partial charge on any atom is 0.124 e. The minimum Gasteiger partial charge on any atom is -0.496 e. The van der Waals surface area contributed by atoms with Crippen molar-refractivity contribution in [3.8, 4) is 5.75 Å². The van der Waals surface area contributed by atoms with Gasteiger partial charge in [0, 0.05) is 23.7 Å². The summed E-state index contributed by atoms with van der Waals surface area (Å²) in [6.45, 7) is 6.53. The van der Waals surface area contributed by atoms with Crippen LogP contribution in [0, 0.1) is 5.41 Å². The van der Waals surface area contributed by atoms with E-state index in [0.717, 1.165) is 29.4 Å². The van der Waals surface area contributed by atoms with Gasteiger partial charge < -0.3 is 15.0 Å². The average Bonchev–Trinajstić information content (AvgIpc) is 2.44. The van der Waals surface area contributed by atoms with Gasteiger partial charge in [-0.15, -0.1) is 0 Å². The zero-order valence-electron chi connectivity index (χ0n) is 12.7. The van der Waals surface area contributed by atoms with Crippen molar-refractivity contribution in [1.29, 1.82) is 0 Å². The Bertz CT molecular complexity index is 442. The summed E-state index contributed by atoms with van der Waals surface area (Å²) in [4.78, 5) is 2.40. The van der Waals surface area contributed by atoms with E-state index in [1.165, 1.54) is 25.9 Å². The zero-order valence-corrected chi connectivity index (χ0v) is 13.5. The Morgan fingerprint density at radius 2 is 2.05 bits per heavy atom. The molecule has 112 valence electrons. The minimum absolute atomic E-state index is 0.390. The maximum absolute atomic E-state index is 6.26. The first-order valence-corrected chi connectivity index (χ1v) is 7.62. The van der Waals surface area contributed by atoms with Crippen molar-refractivity contribution in [3.63, 3.8) is 0 Å². The van der Waals surface area contributed by atoms with Crippen LogP contribution in [0.1, 0.15) is 25.3 Å². The average molecular weight is 297 g/mol. The van der Waals surface area contributed by atoms with Crippen LogP contribution in [0.3, 0.4) is 0 Å². The van der Waals surface area contributed by atoms with E-state index in [0.29, 0.717) is 5.41 Å². The number of rotatable bonds is 5. The number of nitrogens with zero attached hydrogens (tertiary/aromatic N) is 1. The van der Waals surface area contributed by atoms with Gasteiger partial charge in [-0.2, -0.15) is 0 Å². The second-order valence-electron chi connectivity index (χ2n) is 6.14. The third-order valence-electron chi connectivity index (χ3n) is 4.34. The summed E-state index contributed by atoms with van der Waals surface area (Å²) in [5.41, 5.74) is 1.44. The summed E-state index contributed by atoms with van der Waals surface area (Å²) in [6.07, 6.45) is 2.49. The van der Waals surface area contributed by atoms with Crippen molar-refractivity contribution < 1.29 is 4.74 Å². The van der Waals surface area contributed by atoms with Crippen LogP contribution in [-0.2, 0) is 6.54 Å². The van der Waals surface area contributed by atoms with Crippen LogP contribution in [0.5, 0.6) is 5.75 Å². The van der Waals surface area contributed by atoms with Gasteiger partial charge in [0.1, 0.15) is 5.75 Å². The molecule has 1 heterocycles. The summed E-state index contributed by atoms with van der Waals surface area (Å²) in [5, 5.41) is 4.33. The van der Waals surface area contributed by atoms with Gasteiger partial charge in [0.15, 0.2) is 0 Å². The molecule has 0 radical (unpaired) electrons. The molecule has 0 bridgehead atoms. The fourth-order valence-electron chi connectivity index (χ4n) is 2.73. The lowest BCUT2D eigenvalue weighted by atomic mass is 9.80. The highest BCUT2D eigenvalue weighted by Crippen LogP contribution is 2.30. The fraction of sp³-hybridized carbons (Fsp3) is 0.625. The second-order valence-corrected chi connectivity index (χ2v) is 6.55. The first-order chi connectivity index (χ1) is 9.54. The topological polar surface area (TPSA) is 24.5 Å². The summed E-state index contributed by atoms with van der Waals surface area (Å²) < 4.78 is 5.38. The maximum atomic E-state index is 6.26. The van der Waals surface area contributed by atoms with Crippen LogP contribution in [-0.4, -0.2) is 38.7 Å². The fourth-order valence-corrected chi connectivity index (χ4v) is 2.96. The molecular formula is C16H25ClN2O. The summed E-state index contributed by atoms with van der Waals surface area (Å²) in [5.74, 6) is 0.860. The summed E-state index contributed by atoms with van der Waals surface area (Å²) >= 11 is 6.26. The van der Waals surface area contributed by atoms with Crippen molar-refractivity contribution in [3.05, 3.63) is 28.8 Å². The van der Waals surface area contributed by atoms with Crippen LogP contribution in [0.2, 0.25) is 5.02 Å². The van der Waals surface area contributed by atoms with Crippen LogP contribution < -0.4 is 10.1 Å². The van der Waals surface area contributed by atoms with Gasteiger partial charge in [-0.1, -0.05) is 24.6 Å². The van der Waals surface area contributed by atoms with Gasteiger partial charge in [0.25, 0.3) is 0 Å². The van der Waals surface area contributed by atoms with E-state index in [-0.39, 0.29) is 0 Å². The van der Waals surface area contributed by atoms with E-state index >= 15 is 0 Å². The Labute approximate surface area is 127 Å². The predicted octanol–water partition coefficient (Wildman–Crippen LogP) is 3.17. The first kappa shape index (κ1) is 15.6. The van der Waals surface area contributed by atoms with E-state index in [1.54, 1.807) is 7.11 Å². The lowest BCUT2D eigenvalue weighted by Crippen LogP contribution is -2.41. The number of ether oxygens (including phenoxy) is 1. The number of piperidine rings is 1. The van der Waals surface area contributed by atoms with Crippen molar-refractivity contribution in [2.24, 2.45) is 5.41 Å². The van der Waals surface area contributed by atoms with Crippen molar-refractivity contribution >= 4 is 11.6 Å². The molecule has 0 aromatic heterocycles. The molecule has 4 heteroatoms. The van der Waals surface area contributed by atoms with E-state index in [2.05, 4.69) is 24.2 Å². The number of hydrogen-bond acceptors (Lipinski definition) is 3. The number of nitrogens with one attached hydrogen (secondary N) is 1. The minimum atomic E-state index is 0.390. The molecule has 0 saturated carbocycles. The molecule has 0 aliphatic carbocycles. The van der Waals surface area contributed by atoms with Crippen LogP contribution in [0.25, 0.3) is 0 Å². The molecule has 0 amide bonds. The van der Waals surface area contributed by atoms with Crippen molar-refractivity contribution in [2.75, 3.05) is 33.8 Å². The Kier molecular flexibility index (Phi) is 5.30.